The third-order valence-electron chi connectivity index (χ3n) is 4.09. The summed E-state index contributed by atoms with van der Waals surface area (Å²) in [7, 11) is 0. The molecule has 0 spiro atoms. The molecule has 1 fully saturated rings. The molecule has 0 aromatic carbocycles. The van der Waals surface area contributed by atoms with Crippen LogP contribution in [0.3, 0.4) is 0 Å². The molecule has 0 aromatic rings. The lowest BCUT2D eigenvalue weighted by atomic mass is 9.85. The summed E-state index contributed by atoms with van der Waals surface area (Å²) in [5, 5.41) is 14.6. The Morgan fingerprint density at radius 2 is 1.90 bits per heavy atom. The third kappa shape index (κ3) is 5.39. The molecule has 0 aliphatic heterocycles. The molecule has 5 heteroatoms. The molecule has 1 aliphatic rings. The molecule has 1 rings (SSSR count). The van der Waals surface area contributed by atoms with Crippen LogP contribution in [-0.4, -0.2) is 29.7 Å². The fraction of sp³-hybridized carbons (Fsp3) is 0.867. The number of carboxylic acids is 1. The number of amides is 2. The monoisotopic (exact) mass is 284 g/mol. The molecular weight excluding hydrogens is 256 g/mol. The van der Waals surface area contributed by atoms with Crippen LogP contribution in [0, 0.1) is 10.8 Å². The summed E-state index contributed by atoms with van der Waals surface area (Å²) < 4.78 is 0. The lowest BCUT2D eigenvalue weighted by Crippen LogP contribution is -2.49. The van der Waals surface area contributed by atoms with E-state index in [9.17, 15) is 9.59 Å². The fourth-order valence-corrected chi connectivity index (χ4v) is 2.45. The standard InChI is InChI=1S/C15H28N2O3/c1-5-6-15(7-8-15)10-16-13(20)17-11(9-12(18)19)14(2,3)4/h11H,5-10H2,1-4H3,(H,18,19)(H2,16,17,20). The maximum absolute atomic E-state index is 11.9. The van der Waals surface area contributed by atoms with Gasteiger partial charge in [0.25, 0.3) is 0 Å². The van der Waals surface area contributed by atoms with Gasteiger partial charge in [-0.05, 0) is 30.1 Å². The van der Waals surface area contributed by atoms with Crippen molar-refractivity contribution >= 4 is 12.0 Å². The predicted octanol–water partition coefficient (Wildman–Crippen LogP) is 2.76. The lowest BCUT2D eigenvalue weighted by molar-refractivity contribution is -0.138. The Bertz CT molecular complexity index is 357. The van der Waals surface area contributed by atoms with Crippen molar-refractivity contribution in [1.29, 1.82) is 0 Å². The quantitative estimate of drug-likeness (QED) is 0.672. The van der Waals surface area contributed by atoms with Gasteiger partial charge in [-0.1, -0.05) is 34.1 Å². The number of aliphatic carboxylic acids is 1. The molecule has 0 bridgehead atoms. The van der Waals surface area contributed by atoms with Crippen LogP contribution >= 0.6 is 0 Å². The Balaban J connectivity index is 2.44. The molecule has 0 heterocycles. The van der Waals surface area contributed by atoms with E-state index < -0.39 is 5.97 Å². The molecule has 0 saturated heterocycles. The molecule has 1 aliphatic carbocycles. The van der Waals surface area contributed by atoms with Gasteiger partial charge < -0.3 is 15.7 Å². The van der Waals surface area contributed by atoms with Crippen LogP contribution < -0.4 is 10.6 Å². The van der Waals surface area contributed by atoms with Gasteiger partial charge in [0, 0.05) is 12.6 Å². The molecule has 0 aromatic heterocycles. The van der Waals surface area contributed by atoms with Gasteiger partial charge in [-0.25, -0.2) is 4.79 Å². The van der Waals surface area contributed by atoms with Gasteiger partial charge in [0.05, 0.1) is 6.42 Å². The van der Waals surface area contributed by atoms with E-state index in [1.807, 2.05) is 20.8 Å². The summed E-state index contributed by atoms with van der Waals surface area (Å²) in [6.07, 6.45) is 4.58. The molecule has 1 atom stereocenters. The van der Waals surface area contributed by atoms with Crippen LogP contribution in [-0.2, 0) is 4.79 Å². The van der Waals surface area contributed by atoms with E-state index in [0.717, 1.165) is 12.8 Å². The highest BCUT2D eigenvalue weighted by molar-refractivity contribution is 5.76. The minimum absolute atomic E-state index is 0.0585. The van der Waals surface area contributed by atoms with Crippen LogP contribution in [0.4, 0.5) is 4.79 Å². The van der Waals surface area contributed by atoms with Gasteiger partial charge in [0.1, 0.15) is 0 Å². The molecule has 20 heavy (non-hydrogen) atoms. The summed E-state index contributed by atoms with van der Waals surface area (Å²) in [4.78, 5) is 22.8. The first-order valence-corrected chi connectivity index (χ1v) is 7.45. The Hall–Kier alpha value is -1.26. The summed E-state index contributed by atoms with van der Waals surface area (Å²) in [5.41, 5.74) is 0.0204. The SMILES string of the molecule is CCCC1(CNC(=O)NC(CC(=O)O)C(C)(C)C)CC1. The molecule has 3 N–H and O–H groups in total. The number of carboxylic acid groups (broad SMARTS) is 1. The molecule has 116 valence electrons. The van der Waals surface area contributed by atoms with E-state index >= 15 is 0 Å². The van der Waals surface area contributed by atoms with Crippen molar-refractivity contribution in [3.63, 3.8) is 0 Å². The Morgan fingerprint density at radius 3 is 2.30 bits per heavy atom. The zero-order chi connectivity index (χ0) is 15.4. The van der Waals surface area contributed by atoms with Crippen LogP contribution in [0.5, 0.6) is 0 Å². The molecule has 1 unspecified atom stereocenters. The third-order valence-corrected chi connectivity index (χ3v) is 4.09. The fourth-order valence-electron chi connectivity index (χ4n) is 2.45. The van der Waals surface area contributed by atoms with Crippen molar-refractivity contribution in [3.8, 4) is 0 Å². The second kappa shape index (κ2) is 6.46. The molecular formula is C15H28N2O3. The van der Waals surface area contributed by atoms with E-state index in [1.165, 1.54) is 12.8 Å². The Kier molecular flexibility index (Phi) is 5.42. The zero-order valence-corrected chi connectivity index (χ0v) is 13.1. The molecule has 1 saturated carbocycles. The smallest absolute Gasteiger partial charge is 0.315 e. The highest BCUT2D eigenvalue weighted by atomic mass is 16.4. The number of nitrogens with one attached hydrogen (secondary N) is 2. The number of carbonyl (C=O) groups is 2. The average molecular weight is 284 g/mol. The molecule has 2 amide bonds. The lowest BCUT2D eigenvalue weighted by Gasteiger charge is -2.30. The second-order valence-corrected chi connectivity index (χ2v) is 7.09. The molecule has 5 nitrogen and oxygen atoms in total. The van der Waals surface area contributed by atoms with Crippen molar-refractivity contribution in [2.24, 2.45) is 10.8 Å². The van der Waals surface area contributed by atoms with Gasteiger partial charge in [-0.2, -0.15) is 0 Å². The summed E-state index contributed by atoms with van der Waals surface area (Å²) in [6.45, 7) is 8.64. The summed E-state index contributed by atoms with van der Waals surface area (Å²) in [5.74, 6) is -0.894. The first-order valence-electron chi connectivity index (χ1n) is 7.45. The predicted molar refractivity (Wildman–Crippen MR) is 78.6 cm³/mol. The van der Waals surface area contributed by atoms with Gasteiger partial charge in [-0.15, -0.1) is 0 Å². The van der Waals surface area contributed by atoms with Crippen LogP contribution in [0.2, 0.25) is 0 Å². The topological polar surface area (TPSA) is 78.4 Å². The van der Waals surface area contributed by atoms with Crippen molar-refractivity contribution in [1.82, 2.24) is 10.6 Å². The molecule has 0 radical (unpaired) electrons. The highest BCUT2D eigenvalue weighted by Crippen LogP contribution is 2.48. The number of urea groups is 1. The van der Waals surface area contributed by atoms with E-state index in [4.69, 9.17) is 5.11 Å². The Labute approximate surface area is 121 Å². The normalized spacial score (nSPS) is 18.2. The van der Waals surface area contributed by atoms with Crippen LogP contribution in [0.1, 0.15) is 59.8 Å². The largest absolute Gasteiger partial charge is 0.481 e. The average Bonchev–Trinajstić information content (AvgIpc) is 3.05. The highest BCUT2D eigenvalue weighted by Gasteiger charge is 2.41. The minimum atomic E-state index is -0.894. The van der Waals surface area contributed by atoms with Crippen molar-refractivity contribution in [2.75, 3.05) is 6.54 Å². The van der Waals surface area contributed by atoms with Crippen LogP contribution in [0.15, 0.2) is 0 Å². The van der Waals surface area contributed by atoms with E-state index in [0.29, 0.717) is 12.0 Å². The van der Waals surface area contributed by atoms with Gasteiger partial charge in [0.15, 0.2) is 0 Å². The number of hydrogen-bond donors (Lipinski definition) is 3. The maximum Gasteiger partial charge on any atom is 0.315 e. The second-order valence-electron chi connectivity index (χ2n) is 7.09. The van der Waals surface area contributed by atoms with Crippen molar-refractivity contribution in [2.45, 2.75) is 65.8 Å². The van der Waals surface area contributed by atoms with Gasteiger partial charge in [0.2, 0.25) is 0 Å². The summed E-state index contributed by atoms with van der Waals surface area (Å²) in [6, 6.07) is -0.630. The first kappa shape index (κ1) is 16.8. The van der Waals surface area contributed by atoms with Crippen LogP contribution in [0.25, 0.3) is 0 Å². The van der Waals surface area contributed by atoms with E-state index in [2.05, 4.69) is 17.6 Å². The summed E-state index contributed by atoms with van der Waals surface area (Å²) >= 11 is 0. The first-order chi connectivity index (χ1) is 9.18. The Morgan fingerprint density at radius 1 is 1.30 bits per heavy atom. The maximum atomic E-state index is 11.9. The number of hydrogen-bond acceptors (Lipinski definition) is 2. The van der Waals surface area contributed by atoms with Crippen molar-refractivity contribution in [3.05, 3.63) is 0 Å². The zero-order valence-electron chi connectivity index (χ0n) is 13.1. The van der Waals surface area contributed by atoms with Gasteiger partial charge in [-0.3, -0.25) is 4.79 Å². The number of carbonyl (C=O) groups excluding carboxylic acids is 1. The number of rotatable bonds is 7. The van der Waals surface area contributed by atoms with Gasteiger partial charge >= 0.3 is 12.0 Å². The van der Waals surface area contributed by atoms with E-state index in [-0.39, 0.29) is 23.9 Å². The minimum Gasteiger partial charge on any atom is -0.481 e. The van der Waals surface area contributed by atoms with E-state index in [1.54, 1.807) is 0 Å². The van der Waals surface area contributed by atoms with Crippen molar-refractivity contribution < 1.29 is 14.7 Å².